The summed E-state index contributed by atoms with van der Waals surface area (Å²) in [7, 11) is 1.77. The molecule has 4 heterocycles. The number of hydrogen-bond donors (Lipinski definition) is 1. The highest BCUT2D eigenvalue weighted by Crippen LogP contribution is 2.37. The Hall–Kier alpha value is -2.47. The molecule has 132 valence electrons. The van der Waals surface area contributed by atoms with Gasteiger partial charge in [0.2, 0.25) is 0 Å². The van der Waals surface area contributed by atoms with Gasteiger partial charge in [0.15, 0.2) is 0 Å². The normalized spacial score (nSPS) is 14.0. The van der Waals surface area contributed by atoms with Crippen LogP contribution in [0.3, 0.4) is 0 Å². The minimum atomic E-state index is -0.233. The second-order valence-electron chi connectivity index (χ2n) is 6.27. The first kappa shape index (κ1) is 17.0. The van der Waals surface area contributed by atoms with Crippen molar-refractivity contribution in [3.8, 4) is 6.07 Å². The lowest BCUT2D eigenvalue weighted by atomic mass is 10.0. The zero-order valence-corrected chi connectivity index (χ0v) is 15.9. The van der Waals surface area contributed by atoms with Gasteiger partial charge in [0.1, 0.15) is 11.1 Å². The van der Waals surface area contributed by atoms with E-state index in [4.69, 9.17) is 0 Å². The summed E-state index contributed by atoms with van der Waals surface area (Å²) in [5.41, 5.74) is 3.50. The molecule has 0 saturated heterocycles. The summed E-state index contributed by atoms with van der Waals surface area (Å²) < 4.78 is 1.59. The molecule has 0 bridgehead atoms. The number of aryl methyl sites for hydroxylation is 1. The van der Waals surface area contributed by atoms with Crippen LogP contribution in [0.2, 0.25) is 0 Å². The summed E-state index contributed by atoms with van der Waals surface area (Å²) in [6, 6.07) is 4.43. The first-order valence-corrected chi connectivity index (χ1v) is 9.98. The van der Waals surface area contributed by atoms with E-state index in [0.717, 1.165) is 31.6 Å². The summed E-state index contributed by atoms with van der Waals surface area (Å²) in [4.78, 5) is 16.0. The van der Waals surface area contributed by atoms with Gasteiger partial charge in [0.25, 0.3) is 5.91 Å². The molecule has 1 N–H and O–H groups in total. The SMILES string of the molecule is Cn1cc(C(=O)Nc2sc3c(c2C#N)CCN(Cc2ccsc2)C3)cn1. The molecule has 1 aliphatic heterocycles. The molecule has 1 aliphatic rings. The summed E-state index contributed by atoms with van der Waals surface area (Å²) in [5.74, 6) is -0.233. The van der Waals surface area contributed by atoms with Gasteiger partial charge in [-0.2, -0.15) is 21.7 Å². The Labute approximate surface area is 159 Å². The molecule has 1 amide bonds. The lowest BCUT2D eigenvalue weighted by Gasteiger charge is -2.26. The average molecular weight is 384 g/mol. The Morgan fingerprint density at radius 2 is 2.38 bits per heavy atom. The third-order valence-electron chi connectivity index (χ3n) is 4.43. The van der Waals surface area contributed by atoms with E-state index in [9.17, 15) is 10.1 Å². The number of carbonyl (C=O) groups excluding carboxylic acids is 1. The molecule has 0 aliphatic carbocycles. The minimum absolute atomic E-state index is 0.233. The van der Waals surface area contributed by atoms with Crippen LogP contribution >= 0.6 is 22.7 Å². The highest BCUT2D eigenvalue weighted by molar-refractivity contribution is 7.16. The largest absolute Gasteiger partial charge is 0.312 e. The van der Waals surface area contributed by atoms with Crippen LogP contribution in [0.5, 0.6) is 0 Å². The number of aromatic nitrogens is 2. The topological polar surface area (TPSA) is 74.0 Å². The summed E-state index contributed by atoms with van der Waals surface area (Å²) >= 11 is 3.22. The van der Waals surface area contributed by atoms with E-state index in [1.165, 1.54) is 28.0 Å². The van der Waals surface area contributed by atoms with Crippen LogP contribution in [0.4, 0.5) is 5.00 Å². The van der Waals surface area contributed by atoms with Crippen molar-refractivity contribution in [3.05, 3.63) is 56.4 Å². The molecule has 0 atom stereocenters. The van der Waals surface area contributed by atoms with Crippen molar-refractivity contribution in [2.24, 2.45) is 7.05 Å². The molecular weight excluding hydrogens is 366 g/mol. The number of carbonyl (C=O) groups is 1. The van der Waals surface area contributed by atoms with Gasteiger partial charge in [0, 0.05) is 37.8 Å². The minimum Gasteiger partial charge on any atom is -0.312 e. The monoisotopic (exact) mass is 383 g/mol. The van der Waals surface area contributed by atoms with E-state index in [1.807, 2.05) is 0 Å². The van der Waals surface area contributed by atoms with E-state index < -0.39 is 0 Å². The van der Waals surface area contributed by atoms with Crippen LogP contribution in [0.25, 0.3) is 0 Å². The van der Waals surface area contributed by atoms with Crippen molar-refractivity contribution in [2.45, 2.75) is 19.5 Å². The summed E-state index contributed by atoms with van der Waals surface area (Å²) in [6.45, 7) is 2.65. The quantitative estimate of drug-likeness (QED) is 0.751. The summed E-state index contributed by atoms with van der Waals surface area (Å²) in [6.07, 6.45) is 4.02. The molecule has 3 aromatic heterocycles. The van der Waals surface area contributed by atoms with Crippen LogP contribution in [0.15, 0.2) is 29.2 Å². The highest BCUT2D eigenvalue weighted by Gasteiger charge is 2.25. The number of anilines is 1. The van der Waals surface area contributed by atoms with Crippen molar-refractivity contribution >= 4 is 33.6 Å². The Morgan fingerprint density at radius 3 is 3.08 bits per heavy atom. The average Bonchev–Trinajstić information content (AvgIpc) is 3.34. The van der Waals surface area contributed by atoms with Crippen LogP contribution < -0.4 is 5.32 Å². The molecule has 0 radical (unpaired) electrons. The fourth-order valence-electron chi connectivity index (χ4n) is 3.15. The number of hydrogen-bond acceptors (Lipinski definition) is 6. The number of fused-ring (bicyclic) bond motifs is 1. The molecular formula is C18H17N5OS2. The number of amides is 1. The van der Waals surface area contributed by atoms with Crippen LogP contribution in [0.1, 0.15) is 31.9 Å². The second-order valence-corrected chi connectivity index (χ2v) is 8.15. The molecule has 6 nitrogen and oxygen atoms in total. The Kier molecular flexibility index (Phi) is 4.59. The third-order valence-corrected chi connectivity index (χ3v) is 6.29. The Balaban J connectivity index is 1.54. The second kappa shape index (κ2) is 7.03. The third kappa shape index (κ3) is 3.29. The number of nitrogens with zero attached hydrogens (tertiary/aromatic N) is 4. The summed E-state index contributed by atoms with van der Waals surface area (Å²) in [5, 5.41) is 21.4. The van der Waals surface area contributed by atoms with E-state index in [2.05, 4.69) is 38.2 Å². The zero-order valence-electron chi connectivity index (χ0n) is 14.2. The van der Waals surface area contributed by atoms with E-state index >= 15 is 0 Å². The maximum absolute atomic E-state index is 12.4. The molecule has 0 saturated carbocycles. The molecule has 26 heavy (non-hydrogen) atoms. The van der Waals surface area contributed by atoms with Gasteiger partial charge in [-0.15, -0.1) is 11.3 Å². The smallest absolute Gasteiger partial charge is 0.259 e. The molecule has 0 unspecified atom stereocenters. The highest BCUT2D eigenvalue weighted by atomic mass is 32.1. The molecule has 8 heteroatoms. The maximum Gasteiger partial charge on any atom is 0.259 e. The van der Waals surface area contributed by atoms with Gasteiger partial charge >= 0.3 is 0 Å². The molecule has 0 aromatic carbocycles. The van der Waals surface area contributed by atoms with Gasteiger partial charge in [0.05, 0.1) is 17.3 Å². The first-order chi connectivity index (χ1) is 12.6. The lowest BCUT2D eigenvalue weighted by molar-refractivity contribution is 0.102. The van der Waals surface area contributed by atoms with Crippen molar-refractivity contribution in [2.75, 3.05) is 11.9 Å². The van der Waals surface area contributed by atoms with Crippen LogP contribution in [0, 0.1) is 11.3 Å². The number of thiophene rings is 2. The molecule has 0 fully saturated rings. The Bertz CT molecular complexity index is 980. The number of nitriles is 1. The van der Waals surface area contributed by atoms with Crippen molar-refractivity contribution in [1.82, 2.24) is 14.7 Å². The standard InChI is InChI=1S/C18H17N5OS2/c1-22-9-13(7-20-22)17(24)21-18-15(6-19)14-2-4-23(10-16(14)26-18)8-12-3-5-25-11-12/h3,5,7,9,11H,2,4,8,10H2,1H3,(H,21,24). The fraction of sp³-hybridized carbons (Fsp3) is 0.278. The predicted molar refractivity (Wildman–Crippen MR) is 102 cm³/mol. The van der Waals surface area contributed by atoms with Gasteiger partial charge in [-0.25, -0.2) is 0 Å². The Morgan fingerprint density at radius 1 is 1.50 bits per heavy atom. The number of nitrogens with one attached hydrogen (secondary N) is 1. The first-order valence-electron chi connectivity index (χ1n) is 8.22. The predicted octanol–water partition coefficient (Wildman–Crippen LogP) is 3.23. The van der Waals surface area contributed by atoms with Crippen molar-refractivity contribution < 1.29 is 4.79 Å². The molecule has 3 aromatic rings. The maximum atomic E-state index is 12.4. The van der Waals surface area contributed by atoms with Gasteiger partial charge in [-0.3, -0.25) is 14.4 Å². The fourth-order valence-corrected chi connectivity index (χ4v) is 5.05. The van der Waals surface area contributed by atoms with Gasteiger partial charge < -0.3 is 5.32 Å². The van der Waals surface area contributed by atoms with E-state index in [-0.39, 0.29) is 5.91 Å². The number of rotatable bonds is 4. The zero-order chi connectivity index (χ0) is 18.1. The van der Waals surface area contributed by atoms with Gasteiger partial charge in [-0.05, 0) is 34.4 Å². The lowest BCUT2D eigenvalue weighted by Crippen LogP contribution is -2.29. The van der Waals surface area contributed by atoms with E-state index in [1.54, 1.807) is 29.3 Å². The molecule has 4 rings (SSSR count). The van der Waals surface area contributed by atoms with Crippen LogP contribution in [-0.2, 0) is 26.6 Å². The van der Waals surface area contributed by atoms with Gasteiger partial charge in [-0.1, -0.05) is 0 Å². The molecule has 0 spiro atoms. The van der Waals surface area contributed by atoms with Crippen LogP contribution in [-0.4, -0.2) is 27.1 Å². The van der Waals surface area contributed by atoms with Crippen molar-refractivity contribution in [1.29, 1.82) is 5.26 Å². The van der Waals surface area contributed by atoms with E-state index in [0.29, 0.717) is 16.1 Å². The van der Waals surface area contributed by atoms with Crippen molar-refractivity contribution in [3.63, 3.8) is 0 Å².